The fraction of sp³-hybridized carbons (Fsp3) is 0.125. The van der Waals surface area contributed by atoms with Crippen LogP contribution in [0.3, 0.4) is 0 Å². The summed E-state index contributed by atoms with van der Waals surface area (Å²) in [5.41, 5.74) is 4.11. The Bertz CT molecular complexity index is 845. The molecule has 0 bridgehead atoms. The van der Waals surface area contributed by atoms with Gasteiger partial charge in [0.2, 0.25) is 5.82 Å². The number of benzene rings is 1. The third-order valence-corrected chi connectivity index (χ3v) is 3.16. The minimum Gasteiger partial charge on any atom is -0.334 e. The molecule has 0 spiro atoms. The third-order valence-electron chi connectivity index (χ3n) is 3.16. The lowest BCUT2D eigenvalue weighted by atomic mass is 10.1. The molecule has 5 heteroatoms. The van der Waals surface area contributed by atoms with Gasteiger partial charge in [0.05, 0.1) is 11.6 Å². The maximum Gasteiger partial charge on any atom is 0.258 e. The van der Waals surface area contributed by atoms with Crippen LogP contribution >= 0.6 is 0 Å². The predicted octanol–water partition coefficient (Wildman–Crippen LogP) is 3.29. The van der Waals surface area contributed by atoms with Crippen molar-refractivity contribution in [3.05, 3.63) is 53.2 Å². The molecule has 0 aliphatic rings. The molecule has 102 valence electrons. The fourth-order valence-electron chi connectivity index (χ4n) is 2.07. The topological polar surface area (TPSA) is 75.6 Å². The molecule has 2 heterocycles. The zero-order valence-corrected chi connectivity index (χ0v) is 11.7. The van der Waals surface area contributed by atoms with E-state index in [4.69, 9.17) is 9.78 Å². The van der Waals surface area contributed by atoms with Crippen LogP contribution in [-0.2, 0) is 0 Å². The van der Waals surface area contributed by atoms with E-state index in [1.165, 1.54) is 0 Å². The van der Waals surface area contributed by atoms with Gasteiger partial charge in [0.1, 0.15) is 5.69 Å². The highest BCUT2D eigenvalue weighted by atomic mass is 16.5. The first-order chi connectivity index (χ1) is 10.2. The van der Waals surface area contributed by atoms with E-state index >= 15 is 0 Å². The lowest BCUT2D eigenvalue weighted by molar-refractivity contribution is 0.432. The Morgan fingerprint density at radius 1 is 1.14 bits per heavy atom. The number of hydrogen-bond acceptors (Lipinski definition) is 5. The Labute approximate surface area is 121 Å². The van der Waals surface area contributed by atoms with Crippen LogP contribution in [0.25, 0.3) is 23.0 Å². The van der Waals surface area contributed by atoms with Gasteiger partial charge in [-0.2, -0.15) is 10.2 Å². The van der Waals surface area contributed by atoms with Gasteiger partial charge in [0.25, 0.3) is 5.89 Å². The second-order valence-corrected chi connectivity index (χ2v) is 4.78. The summed E-state index contributed by atoms with van der Waals surface area (Å²) in [7, 11) is 0. The Hall–Kier alpha value is -3.00. The van der Waals surface area contributed by atoms with Crippen LogP contribution < -0.4 is 0 Å². The van der Waals surface area contributed by atoms with Crippen molar-refractivity contribution in [2.75, 3.05) is 0 Å². The van der Waals surface area contributed by atoms with E-state index in [1.807, 2.05) is 32.0 Å². The summed E-state index contributed by atoms with van der Waals surface area (Å²) in [5, 5.41) is 12.9. The van der Waals surface area contributed by atoms with Gasteiger partial charge >= 0.3 is 0 Å². The zero-order chi connectivity index (χ0) is 14.8. The Kier molecular flexibility index (Phi) is 3.20. The number of hydrogen-bond donors (Lipinski definition) is 0. The summed E-state index contributed by atoms with van der Waals surface area (Å²) >= 11 is 0. The smallest absolute Gasteiger partial charge is 0.258 e. The first-order valence-corrected chi connectivity index (χ1v) is 6.45. The first kappa shape index (κ1) is 13.0. The monoisotopic (exact) mass is 276 g/mol. The maximum absolute atomic E-state index is 8.89. The highest BCUT2D eigenvalue weighted by Crippen LogP contribution is 2.25. The first-order valence-electron chi connectivity index (χ1n) is 6.45. The van der Waals surface area contributed by atoms with Crippen molar-refractivity contribution in [2.24, 2.45) is 0 Å². The average molecular weight is 276 g/mol. The lowest BCUT2D eigenvalue weighted by Gasteiger charge is -2.00. The molecule has 1 aromatic carbocycles. The van der Waals surface area contributed by atoms with E-state index in [0.29, 0.717) is 23.0 Å². The highest BCUT2D eigenvalue weighted by molar-refractivity contribution is 5.62. The van der Waals surface area contributed by atoms with Crippen LogP contribution in [0.2, 0.25) is 0 Å². The Balaban J connectivity index is 2.01. The molecule has 0 aliphatic carbocycles. The van der Waals surface area contributed by atoms with E-state index in [1.54, 1.807) is 18.3 Å². The van der Waals surface area contributed by atoms with Gasteiger partial charge < -0.3 is 4.52 Å². The molecule has 0 radical (unpaired) electrons. The van der Waals surface area contributed by atoms with Gasteiger partial charge in [-0.1, -0.05) is 5.16 Å². The number of pyridine rings is 1. The Morgan fingerprint density at radius 3 is 2.71 bits per heavy atom. The molecule has 0 N–H and O–H groups in total. The minimum atomic E-state index is 0.426. The molecule has 0 unspecified atom stereocenters. The van der Waals surface area contributed by atoms with E-state index in [-0.39, 0.29) is 0 Å². The van der Waals surface area contributed by atoms with Crippen molar-refractivity contribution in [3.8, 4) is 29.0 Å². The molecule has 0 saturated carbocycles. The van der Waals surface area contributed by atoms with Gasteiger partial charge in [-0.15, -0.1) is 0 Å². The molecule has 0 saturated heterocycles. The van der Waals surface area contributed by atoms with Gasteiger partial charge in [0, 0.05) is 11.8 Å². The fourth-order valence-corrected chi connectivity index (χ4v) is 2.07. The molecule has 2 aromatic heterocycles. The standard InChI is InChI=1S/C16H12N4O/c1-10-5-6-18-14(7-10)15-19-16(21-20-15)13-4-3-12(9-17)8-11(13)2/h3-8H,1-2H3. The van der Waals surface area contributed by atoms with Crippen LogP contribution in [0.1, 0.15) is 16.7 Å². The summed E-state index contributed by atoms with van der Waals surface area (Å²) in [5.74, 6) is 0.882. The molecule has 0 amide bonds. The van der Waals surface area contributed by atoms with Crippen molar-refractivity contribution in [1.29, 1.82) is 5.26 Å². The second-order valence-electron chi connectivity index (χ2n) is 4.78. The van der Waals surface area contributed by atoms with Gasteiger partial charge in [-0.3, -0.25) is 4.98 Å². The molecule has 0 fully saturated rings. The number of rotatable bonds is 2. The molecule has 5 nitrogen and oxygen atoms in total. The van der Waals surface area contributed by atoms with Crippen molar-refractivity contribution in [3.63, 3.8) is 0 Å². The Morgan fingerprint density at radius 2 is 2.00 bits per heavy atom. The molecule has 21 heavy (non-hydrogen) atoms. The number of nitrogens with zero attached hydrogens (tertiary/aromatic N) is 4. The maximum atomic E-state index is 8.89. The summed E-state index contributed by atoms with van der Waals surface area (Å²) in [4.78, 5) is 8.62. The van der Waals surface area contributed by atoms with Crippen LogP contribution in [0.4, 0.5) is 0 Å². The number of nitriles is 1. The molecule has 0 aliphatic heterocycles. The van der Waals surface area contributed by atoms with E-state index in [9.17, 15) is 0 Å². The molecule has 0 atom stereocenters. The molecular weight excluding hydrogens is 264 g/mol. The van der Waals surface area contributed by atoms with Crippen LogP contribution in [0.5, 0.6) is 0 Å². The lowest BCUT2D eigenvalue weighted by Crippen LogP contribution is -1.88. The van der Waals surface area contributed by atoms with Gasteiger partial charge in [-0.05, 0) is 55.3 Å². The second kappa shape index (κ2) is 5.17. The zero-order valence-electron chi connectivity index (χ0n) is 11.7. The molecule has 3 rings (SSSR count). The summed E-state index contributed by atoms with van der Waals surface area (Å²) < 4.78 is 5.32. The van der Waals surface area contributed by atoms with Gasteiger partial charge in [0.15, 0.2) is 0 Å². The quantitative estimate of drug-likeness (QED) is 0.717. The number of aromatic nitrogens is 3. The van der Waals surface area contributed by atoms with Crippen molar-refractivity contribution in [1.82, 2.24) is 15.1 Å². The van der Waals surface area contributed by atoms with Crippen LogP contribution in [-0.4, -0.2) is 15.1 Å². The van der Waals surface area contributed by atoms with E-state index in [0.717, 1.165) is 16.7 Å². The van der Waals surface area contributed by atoms with Crippen LogP contribution in [0, 0.1) is 25.2 Å². The summed E-state index contributed by atoms with van der Waals surface area (Å²) in [6, 6.07) is 11.3. The van der Waals surface area contributed by atoms with Crippen LogP contribution in [0.15, 0.2) is 41.1 Å². The predicted molar refractivity (Wildman–Crippen MR) is 77.2 cm³/mol. The van der Waals surface area contributed by atoms with E-state index < -0.39 is 0 Å². The van der Waals surface area contributed by atoms with Crippen molar-refractivity contribution < 1.29 is 4.52 Å². The van der Waals surface area contributed by atoms with Crippen molar-refractivity contribution in [2.45, 2.75) is 13.8 Å². The third kappa shape index (κ3) is 2.51. The molecular formula is C16H12N4O. The average Bonchev–Trinajstić information content (AvgIpc) is 2.96. The SMILES string of the molecule is Cc1ccnc(-c2noc(-c3ccc(C#N)cc3C)n2)c1. The van der Waals surface area contributed by atoms with Crippen molar-refractivity contribution >= 4 is 0 Å². The molecule has 3 aromatic rings. The normalized spacial score (nSPS) is 10.3. The van der Waals surface area contributed by atoms with E-state index in [2.05, 4.69) is 21.2 Å². The van der Waals surface area contributed by atoms with Gasteiger partial charge in [-0.25, -0.2) is 0 Å². The largest absolute Gasteiger partial charge is 0.334 e. The highest BCUT2D eigenvalue weighted by Gasteiger charge is 2.13. The number of aryl methyl sites for hydroxylation is 2. The minimum absolute atomic E-state index is 0.426. The summed E-state index contributed by atoms with van der Waals surface area (Å²) in [6.07, 6.45) is 1.72. The summed E-state index contributed by atoms with van der Waals surface area (Å²) in [6.45, 7) is 3.89.